The fraction of sp³-hybridized carbons (Fsp3) is 0.727. The molecular formula is C11H18O2. The fourth-order valence-corrected chi connectivity index (χ4v) is 1.51. The summed E-state index contributed by atoms with van der Waals surface area (Å²) >= 11 is 0. The largest absolute Gasteiger partial charge is 0.466 e. The van der Waals surface area contributed by atoms with E-state index >= 15 is 0 Å². The molecule has 0 spiro atoms. The first-order valence-electron chi connectivity index (χ1n) is 5.13. The maximum Gasteiger partial charge on any atom is 0.306 e. The van der Waals surface area contributed by atoms with Crippen LogP contribution in [0.2, 0.25) is 0 Å². The van der Waals surface area contributed by atoms with Crippen molar-refractivity contribution < 1.29 is 9.53 Å². The topological polar surface area (TPSA) is 26.3 Å². The van der Waals surface area contributed by atoms with Crippen LogP contribution in [0.15, 0.2) is 11.1 Å². The SMILES string of the molecule is CCOC(=O)CCC(CC)=C1CC1. The molecule has 74 valence electrons. The minimum Gasteiger partial charge on any atom is -0.466 e. The van der Waals surface area contributed by atoms with E-state index in [1.165, 1.54) is 18.4 Å². The lowest BCUT2D eigenvalue weighted by molar-refractivity contribution is -0.143. The van der Waals surface area contributed by atoms with Crippen LogP contribution in [0.25, 0.3) is 0 Å². The molecule has 0 amide bonds. The standard InChI is InChI=1S/C11H18O2/c1-3-9(10-5-6-10)7-8-11(12)13-4-2/h3-8H2,1-2H3. The lowest BCUT2D eigenvalue weighted by Gasteiger charge is -2.03. The number of hydrogen-bond acceptors (Lipinski definition) is 2. The number of ether oxygens (including phenoxy) is 1. The molecule has 1 saturated carbocycles. The predicted molar refractivity (Wildman–Crippen MR) is 52.4 cm³/mol. The van der Waals surface area contributed by atoms with E-state index in [0.717, 1.165) is 12.8 Å². The van der Waals surface area contributed by atoms with Gasteiger partial charge in [-0.2, -0.15) is 0 Å². The molecular weight excluding hydrogens is 164 g/mol. The average Bonchev–Trinajstić information content (AvgIpc) is 2.90. The number of esters is 1. The first kappa shape index (κ1) is 10.3. The van der Waals surface area contributed by atoms with Crippen molar-refractivity contribution in [3.05, 3.63) is 11.1 Å². The molecule has 2 heteroatoms. The fourth-order valence-electron chi connectivity index (χ4n) is 1.51. The summed E-state index contributed by atoms with van der Waals surface area (Å²) in [5.74, 6) is -0.0605. The molecule has 0 aromatic heterocycles. The summed E-state index contributed by atoms with van der Waals surface area (Å²) in [7, 11) is 0. The molecule has 0 aromatic rings. The molecule has 1 fully saturated rings. The van der Waals surface area contributed by atoms with E-state index in [1.807, 2.05) is 6.92 Å². The van der Waals surface area contributed by atoms with Crippen LogP contribution in [0.5, 0.6) is 0 Å². The molecule has 0 radical (unpaired) electrons. The van der Waals surface area contributed by atoms with Crippen molar-refractivity contribution in [2.75, 3.05) is 6.61 Å². The number of allylic oxidation sites excluding steroid dienone is 2. The van der Waals surface area contributed by atoms with E-state index in [0.29, 0.717) is 13.0 Å². The van der Waals surface area contributed by atoms with Gasteiger partial charge in [-0.25, -0.2) is 0 Å². The Kier molecular flexibility index (Phi) is 4.00. The molecule has 0 aliphatic heterocycles. The van der Waals surface area contributed by atoms with Crippen LogP contribution in [0.4, 0.5) is 0 Å². The lowest BCUT2D eigenvalue weighted by atomic mass is 10.1. The minimum absolute atomic E-state index is 0.0605. The molecule has 1 rings (SSSR count). The third-order valence-corrected chi connectivity index (χ3v) is 2.36. The summed E-state index contributed by atoms with van der Waals surface area (Å²) in [6.07, 6.45) is 5.07. The van der Waals surface area contributed by atoms with E-state index in [-0.39, 0.29) is 5.97 Å². The number of rotatable bonds is 5. The van der Waals surface area contributed by atoms with Gasteiger partial charge in [0, 0.05) is 6.42 Å². The number of carbonyl (C=O) groups excluding carboxylic acids is 1. The van der Waals surface area contributed by atoms with Gasteiger partial charge in [-0.15, -0.1) is 0 Å². The van der Waals surface area contributed by atoms with Gasteiger partial charge in [0.2, 0.25) is 0 Å². The maximum absolute atomic E-state index is 11.1. The number of carbonyl (C=O) groups is 1. The summed E-state index contributed by atoms with van der Waals surface area (Å²) in [6.45, 7) is 4.50. The highest BCUT2D eigenvalue weighted by molar-refractivity contribution is 5.69. The predicted octanol–water partition coefficient (Wildman–Crippen LogP) is 2.83. The zero-order valence-electron chi connectivity index (χ0n) is 8.56. The Morgan fingerprint density at radius 1 is 1.31 bits per heavy atom. The first-order chi connectivity index (χ1) is 6.27. The summed E-state index contributed by atoms with van der Waals surface area (Å²) in [5.41, 5.74) is 3.06. The first-order valence-corrected chi connectivity index (χ1v) is 5.13. The third-order valence-electron chi connectivity index (χ3n) is 2.36. The van der Waals surface area contributed by atoms with Gasteiger partial charge >= 0.3 is 5.97 Å². The second-order valence-electron chi connectivity index (χ2n) is 3.37. The molecule has 0 atom stereocenters. The van der Waals surface area contributed by atoms with Gasteiger partial charge in [0.1, 0.15) is 0 Å². The van der Waals surface area contributed by atoms with Crippen LogP contribution in [-0.2, 0) is 9.53 Å². The molecule has 13 heavy (non-hydrogen) atoms. The normalized spacial score (nSPS) is 14.2. The highest BCUT2D eigenvalue weighted by Crippen LogP contribution is 2.34. The van der Waals surface area contributed by atoms with Crippen molar-refractivity contribution >= 4 is 5.97 Å². The molecule has 0 saturated heterocycles. The number of hydrogen-bond donors (Lipinski definition) is 0. The van der Waals surface area contributed by atoms with Crippen molar-refractivity contribution in [3.8, 4) is 0 Å². The van der Waals surface area contributed by atoms with E-state index in [4.69, 9.17) is 4.74 Å². The summed E-state index contributed by atoms with van der Waals surface area (Å²) in [6, 6.07) is 0. The Bertz CT molecular complexity index is 210. The Labute approximate surface area is 80.0 Å². The molecule has 0 bridgehead atoms. The molecule has 0 unspecified atom stereocenters. The Morgan fingerprint density at radius 3 is 2.46 bits per heavy atom. The monoisotopic (exact) mass is 182 g/mol. The molecule has 0 heterocycles. The molecule has 1 aliphatic carbocycles. The second kappa shape index (κ2) is 5.05. The highest BCUT2D eigenvalue weighted by Gasteiger charge is 2.16. The Hall–Kier alpha value is -0.790. The van der Waals surface area contributed by atoms with E-state index in [9.17, 15) is 4.79 Å². The maximum atomic E-state index is 11.1. The van der Waals surface area contributed by atoms with Gasteiger partial charge in [-0.1, -0.05) is 18.1 Å². The molecule has 2 nitrogen and oxygen atoms in total. The Balaban J connectivity index is 2.24. The van der Waals surface area contributed by atoms with Gasteiger partial charge in [-0.05, 0) is 32.6 Å². The van der Waals surface area contributed by atoms with E-state index < -0.39 is 0 Å². The van der Waals surface area contributed by atoms with Gasteiger partial charge in [0.15, 0.2) is 0 Å². The summed E-state index contributed by atoms with van der Waals surface area (Å²) in [5, 5.41) is 0. The van der Waals surface area contributed by atoms with Crippen LogP contribution >= 0.6 is 0 Å². The molecule has 0 N–H and O–H groups in total. The van der Waals surface area contributed by atoms with Crippen molar-refractivity contribution in [2.24, 2.45) is 0 Å². The minimum atomic E-state index is -0.0605. The van der Waals surface area contributed by atoms with Crippen molar-refractivity contribution in [1.29, 1.82) is 0 Å². The Morgan fingerprint density at radius 2 is 2.00 bits per heavy atom. The lowest BCUT2D eigenvalue weighted by Crippen LogP contribution is -2.03. The highest BCUT2D eigenvalue weighted by atomic mass is 16.5. The molecule has 0 aromatic carbocycles. The quantitative estimate of drug-likeness (QED) is 0.482. The van der Waals surface area contributed by atoms with Crippen LogP contribution < -0.4 is 0 Å². The van der Waals surface area contributed by atoms with Gasteiger partial charge in [0.05, 0.1) is 6.61 Å². The van der Waals surface area contributed by atoms with Crippen molar-refractivity contribution in [1.82, 2.24) is 0 Å². The van der Waals surface area contributed by atoms with Crippen molar-refractivity contribution in [3.63, 3.8) is 0 Å². The molecule has 1 aliphatic rings. The smallest absolute Gasteiger partial charge is 0.306 e. The van der Waals surface area contributed by atoms with Crippen LogP contribution in [-0.4, -0.2) is 12.6 Å². The summed E-state index contributed by atoms with van der Waals surface area (Å²) < 4.78 is 4.88. The summed E-state index contributed by atoms with van der Waals surface area (Å²) in [4.78, 5) is 11.1. The van der Waals surface area contributed by atoms with E-state index in [1.54, 1.807) is 5.57 Å². The second-order valence-corrected chi connectivity index (χ2v) is 3.37. The van der Waals surface area contributed by atoms with Crippen LogP contribution in [0.1, 0.15) is 46.0 Å². The zero-order chi connectivity index (χ0) is 9.68. The van der Waals surface area contributed by atoms with Gasteiger partial charge in [0.25, 0.3) is 0 Å². The van der Waals surface area contributed by atoms with Gasteiger partial charge in [-0.3, -0.25) is 4.79 Å². The van der Waals surface area contributed by atoms with Crippen molar-refractivity contribution in [2.45, 2.75) is 46.0 Å². The van der Waals surface area contributed by atoms with E-state index in [2.05, 4.69) is 6.92 Å². The zero-order valence-corrected chi connectivity index (χ0v) is 8.56. The third kappa shape index (κ3) is 3.62. The van der Waals surface area contributed by atoms with Crippen LogP contribution in [0, 0.1) is 0 Å². The van der Waals surface area contributed by atoms with Crippen LogP contribution in [0.3, 0.4) is 0 Å². The van der Waals surface area contributed by atoms with Gasteiger partial charge < -0.3 is 4.74 Å². The average molecular weight is 182 g/mol.